The molecule has 1 aromatic rings. The van der Waals surface area contributed by atoms with E-state index in [0.29, 0.717) is 31.1 Å². The second kappa shape index (κ2) is 9.93. The number of aliphatic hydroxyl groups is 1. The van der Waals surface area contributed by atoms with Crippen LogP contribution in [0.15, 0.2) is 30.3 Å². The maximum atomic E-state index is 13.5. The Hall–Kier alpha value is -2.61. The quantitative estimate of drug-likeness (QED) is 0.582. The summed E-state index contributed by atoms with van der Waals surface area (Å²) in [4.78, 5) is 43.1. The molecule has 2 heterocycles. The van der Waals surface area contributed by atoms with E-state index in [2.05, 4.69) is 10.6 Å². The fourth-order valence-corrected chi connectivity index (χ4v) is 8.16. The number of aliphatic hydroxyl groups excluding tert-OH is 1. The normalized spacial score (nSPS) is 35.3. The van der Waals surface area contributed by atoms with Gasteiger partial charge >= 0.3 is 6.03 Å². The number of nitrogens with zero attached hydrogens (tertiary/aromatic N) is 2. The van der Waals surface area contributed by atoms with Crippen molar-refractivity contribution >= 4 is 17.8 Å². The summed E-state index contributed by atoms with van der Waals surface area (Å²) in [6.07, 6.45) is 7.80. The molecular weight excluding hydrogens is 468 g/mol. The molecule has 4 bridgehead atoms. The molecule has 4 amide bonds. The van der Waals surface area contributed by atoms with Gasteiger partial charge < -0.3 is 25.5 Å². The van der Waals surface area contributed by atoms with Crippen molar-refractivity contribution in [3.8, 4) is 0 Å². The van der Waals surface area contributed by atoms with E-state index in [4.69, 9.17) is 0 Å². The standard InChI is InChI=1S/C29H40N4O4/c34-25-21-13-19-14-22(25)17-29(15-19,16-21)27(36)31-24-7-4-10-33(18-24)28(37)32-11-8-23(9-12-32)30-26(35)20-5-2-1-3-6-20/h1-3,5-6,19,21-25,34H,4,7-18H2,(H,30,35)(H,31,36). The molecule has 200 valence electrons. The highest BCUT2D eigenvalue weighted by atomic mass is 16.3. The van der Waals surface area contributed by atoms with E-state index < -0.39 is 0 Å². The molecule has 3 atom stereocenters. The third-order valence-electron chi connectivity index (χ3n) is 9.87. The fourth-order valence-electron chi connectivity index (χ4n) is 8.16. The average molecular weight is 509 g/mol. The van der Waals surface area contributed by atoms with Gasteiger partial charge in [-0.3, -0.25) is 9.59 Å². The highest BCUT2D eigenvalue weighted by Gasteiger charge is 2.58. The lowest BCUT2D eigenvalue weighted by Crippen LogP contribution is -2.61. The van der Waals surface area contributed by atoms with Gasteiger partial charge in [0.15, 0.2) is 0 Å². The second-order valence-corrected chi connectivity index (χ2v) is 12.4. The van der Waals surface area contributed by atoms with E-state index in [-0.39, 0.29) is 53.3 Å². The minimum Gasteiger partial charge on any atom is -0.393 e. The maximum absolute atomic E-state index is 13.5. The van der Waals surface area contributed by atoms with Gasteiger partial charge in [0.2, 0.25) is 5.91 Å². The third-order valence-corrected chi connectivity index (χ3v) is 9.87. The molecule has 6 aliphatic rings. The molecular formula is C29H40N4O4. The van der Waals surface area contributed by atoms with Crippen molar-refractivity contribution in [2.75, 3.05) is 26.2 Å². The molecule has 0 spiro atoms. The van der Waals surface area contributed by atoms with Crippen molar-refractivity contribution in [2.24, 2.45) is 23.2 Å². The van der Waals surface area contributed by atoms with Crippen LogP contribution in [0.1, 0.15) is 68.1 Å². The SMILES string of the molecule is O=C(NC1CCN(C(=O)N2CCCC(NC(=O)C34CC5CC(C3)C(O)C(C5)C4)C2)CC1)c1ccccc1. The first kappa shape index (κ1) is 24.7. The Labute approximate surface area is 219 Å². The molecule has 4 aliphatic carbocycles. The monoisotopic (exact) mass is 508 g/mol. The van der Waals surface area contributed by atoms with Gasteiger partial charge in [-0.1, -0.05) is 18.2 Å². The summed E-state index contributed by atoms with van der Waals surface area (Å²) in [5.74, 6) is 1.24. The van der Waals surface area contributed by atoms with E-state index in [9.17, 15) is 19.5 Å². The van der Waals surface area contributed by atoms with E-state index >= 15 is 0 Å². The highest BCUT2D eigenvalue weighted by molar-refractivity contribution is 5.94. The number of nitrogens with one attached hydrogen (secondary N) is 2. The Morgan fingerprint density at radius 3 is 2.24 bits per heavy atom. The van der Waals surface area contributed by atoms with Crippen LogP contribution in [0.5, 0.6) is 0 Å². The fraction of sp³-hybridized carbons (Fsp3) is 0.690. The van der Waals surface area contributed by atoms with Gasteiger partial charge in [0.1, 0.15) is 0 Å². The van der Waals surface area contributed by atoms with E-state index in [1.165, 1.54) is 0 Å². The van der Waals surface area contributed by atoms with Crippen LogP contribution in [-0.2, 0) is 4.79 Å². The lowest BCUT2D eigenvalue weighted by molar-refractivity contribution is -0.163. The summed E-state index contributed by atoms with van der Waals surface area (Å²) >= 11 is 0. The van der Waals surface area contributed by atoms with Crippen molar-refractivity contribution in [1.29, 1.82) is 0 Å². The summed E-state index contributed by atoms with van der Waals surface area (Å²) < 4.78 is 0. The molecule has 1 aromatic carbocycles. The first-order chi connectivity index (χ1) is 17.9. The van der Waals surface area contributed by atoms with E-state index in [0.717, 1.165) is 64.3 Å². The van der Waals surface area contributed by atoms with Crippen LogP contribution >= 0.6 is 0 Å². The molecule has 7 rings (SSSR count). The minimum atomic E-state index is -0.311. The number of carbonyl (C=O) groups excluding carboxylic acids is 3. The number of likely N-dealkylation sites (tertiary alicyclic amines) is 2. The van der Waals surface area contributed by atoms with Crippen LogP contribution in [0.3, 0.4) is 0 Å². The lowest BCUT2D eigenvalue weighted by Gasteiger charge is -2.58. The summed E-state index contributed by atoms with van der Waals surface area (Å²) in [5, 5.41) is 17.0. The second-order valence-electron chi connectivity index (χ2n) is 12.4. The van der Waals surface area contributed by atoms with Gasteiger partial charge in [-0.2, -0.15) is 0 Å². The highest BCUT2D eigenvalue weighted by Crippen LogP contribution is 2.60. The number of hydrogen-bond donors (Lipinski definition) is 3. The van der Waals surface area contributed by atoms with Crippen LogP contribution in [0, 0.1) is 23.2 Å². The maximum Gasteiger partial charge on any atom is 0.320 e. The molecule has 4 saturated carbocycles. The number of hydrogen-bond acceptors (Lipinski definition) is 4. The Morgan fingerprint density at radius 2 is 1.54 bits per heavy atom. The average Bonchev–Trinajstić information content (AvgIpc) is 2.92. The summed E-state index contributed by atoms with van der Waals surface area (Å²) in [6, 6.07) is 9.35. The van der Waals surface area contributed by atoms with Crippen molar-refractivity contribution in [3.05, 3.63) is 35.9 Å². The van der Waals surface area contributed by atoms with Crippen LogP contribution in [0.4, 0.5) is 4.79 Å². The molecule has 8 heteroatoms. The van der Waals surface area contributed by atoms with Gasteiger partial charge in [0.25, 0.3) is 5.91 Å². The summed E-state index contributed by atoms with van der Waals surface area (Å²) in [5.41, 5.74) is 0.348. The van der Waals surface area contributed by atoms with Crippen molar-refractivity contribution < 1.29 is 19.5 Å². The Bertz CT molecular complexity index is 1010. The molecule has 0 aromatic heterocycles. The molecule has 6 fully saturated rings. The van der Waals surface area contributed by atoms with Crippen LogP contribution < -0.4 is 10.6 Å². The number of amides is 4. The number of carbonyl (C=O) groups is 3. The smallest absolute Gasteiger partial charge is 0.320 e. The van der Waals surface area contributed by atoms with Crippen molar-refractivity contribution in [1.82, 2.24) is 20.4 Å². The Kier molecular flexibility index (Phi) is 6.63. The first-order valence-corrected chi connectivity index (χ1v) is 14.3. The Balaban J connectivity index is 0.995. The largest absolute Gasteiger partial charge is 0.393 e. The van der Waals surface area contributed by atoms with Crippen LogP contribution in [-0.4, -0.2) is 77.1 Å². The molecule has 0 radical (unpaired) electrons. The molecule has 3 unspecified atom stereocenters. The molecule has 3 N–H and O–H groups in total. The predicted octanol–water partition coefficient (Wildman–Crippen LogP) is 2.77. The number of rotatable bonds is 4. The third kappa shape index (κ3) is 4.85. The number of benzene rings is 1. The zero-order valence-electron chi connectivity index (χ0n) is 21.6. The van der Waals surface area contributed by atoms with Crippen molar-refractivity contribution in [2.45, 2.75) is 76.0 Å². The molecule has 2 aliphatic heterocycles. The minimum absolute atomic E-state index is 0.00849. The van der Waals surface area contributed by atoms with E-state index in [1.54, 1.807) is 0 Å². The van der Waals surface area contributed by atoms with Crippen LogP contribution in [0.2, 0.25) is 0 Å². The first-order valence-electron chi connectivity index (χ1n) is 14.3. The van der Waals surface area contributed by atoms with Crippen LogP contribution in [0.25, 0.3) is 0 Å². The molecule has 2 saturated heterocycles. The van der Waals surface area contributed by atoms with Gasteiger partial charge in [-0.25, -0.2) is 4.79 Å². The van der Waals surface area contributed by atoms with Gasteiger partial charge in [0.05, 0.1) is 11.5 Å². The molecule has 37 heavy (non-hydrogen) atoms. The predicted molar refractivity (Wildman–Crippen MR) is 139 cm³/mol. The zero-order valence-corrected chi connectivity index (χ0v) is 21.6. The number of piperidine rings is 2. The summed E-state index contributed by atoms with van der Waals surface area (Å²) in [6.45, 7) is 2.53. The van der Waals surface area contributed by atoms with E-state index in [1.807, 2.05) is 40.1 Å². The number of urea groups is 1. The topological polar surface area (TPSA) is 102 Å². The Morgan fingerprint density at radius 1 is 0.838 bits per heavy atom. The van der Waals surface area contributed by atoms with Gasteiger partial charge in [0, 0.05) is 43.8 Å². The lowest BCUT2D eigenvalue weighted by atomic mass is 9.48. The van der Waals surface area contributed by atoms with Gasteiger partial charge in [-0.15, -0.1) is 0 Å². The van der Waals surface area contributed by atoms with Crippen molar-refractivity contribution in [3.63, 3.8) is 0 Å². The summed E-state index contributed by atoms with van der Waals surface area (Å²) in [7, 11) is 0. The zero-order chi connectivity index (χ0) is 25.6. The molecule has 8 nitrogen and oxygen atoms in total. The van der Waals surface area contributed by atoms with Gasteiger partial charge in [-0.05, 0) is 87.7 Å².